The Morgan fingerprint density at radius 3 is 2.62 bits per heavy atom. The van der Waals surface area contributed by atoms with E-state index >= 15 is 0 Å². The number of hydrogen-bond acceptors (Lipinski definition) is 7. The van der Waals surface area contributed by atoms with Crippen molar-refractivity contribution < 1.29 is 4.79 Å². The van der Waals surface area contributed by atoms with Crippen molar-refractivity contribution in [3.05, 3.63) is 59.9 Å². The highest BCUT2D eigenvalue weighted by molar-refractivity contribution is 5.92. The Morgan fingerprint density at radius 1 is 1.06 bits per heavy atom. The number of unbranched alkanes of at least 4 members (excludes halogenated alkanes) is 1. The minimum atomic E-state index is 0.00496. The number of nitrogens with one attached hydrogen (secondary N) is 1. The average Bonchev–Trinajstić information content (AvgIpc) is 3.49. The Hall–Kier alpha value is -3.75. The number of aryl methyl sites for hydroxylation is 1. The quantitative estimate of drug-likeness (QED) is 0.379. The van der Waals surface area contributed by atoms with Gasteiger partial charge in [-0.1, -0.05) is 44.5 Å². The van der Waals surface area contributed by atoms with Crippen molar-refractivity contribution >= 4 is 5.78 Å². The number of carbonyl (C=O) groups excluding carboxylic acids is 1. The van der Waals surface area contributed by atoms with Crippen molar-refractivity contribution in [2.75, 3.05) is 0 Å². The first-order chi connectivity index (χ1) is 15.7. The minimum absolute atomic E-state index is 0.00496. The van der Waals surface area contributed by atoms with Gasteiger partial charge in [0.15, 0.2) is 5.82 Å². The van der Waals surface area contributed by atoms with Gasteiger partial charge in [0.25, 0.3) is 0 Å². The molecule has 9 nitrogen and oxygen atoms in total. The van der Waals surface area contributed by atoms with E-state index in [2.05, 4.69) is 54.7 Å². The van der Waals surface area contributed by atoms with Gasteiger partial charge in [0.2, 0.25) is 11.6 Å². The van der Waals surface area contributed by atoms with E-state index in [1.165, 1.54) is 0 Å². The Balaban J connectivity index is 1.58. The predicted molar refractivity (Wildman–Crippen MR) is 120 cm³/mol. The third kappa shape index (κ3) is 4.77. The first kappa shape index (κ1) is 21.5. The molecule has 0 aliphatic rings. The van der Waals surface area contributed by atoms with Crippen LogP contribution in [0.1, 0.15) is 61.5 Å². The Labute approximate surface area is 186 Å². The maximum absolute atomic E-state index is 12.3. The van der Waals surface area contributed by atoms with Gasteiger partial charge >= 0.3 is 0 Å². The number of H-pyrrole nitrogens is 1. The molecule has 3 heterocycles. The summed E-state index contributed by atoms with van der Waals surface area (Å²) in [7, 11) is 0. The van der Waals surface area contributed by atoms with Gasteiger partial charge in [-0.3, -0.25) is 9.78 Å². The average molecular weight is 431 g/mol. The SMILES string of the molecule is CCCCc1nc(C(=O)CCC)nn1Cc1ccc(-c2cnccc2-c2nnn[nH]2)cc1. The lowest BCUT2D eigenvalue weighted by atomic mass is 10.0. The molecule has 0 atom stereocenters. The van der Waals surface area contributed by atoms with Crippen LogP contribution in [0.2, 0.25) is 0 Å². The normalized spacial score (nSPS) is 11.1. The van der Waals surface area contributed by atoms with E-state index < -0.39 is 0 Å². The number of benzene rings is 1. The summed E-state index contributed by atoms with van der Waals surface area (Å²) in [6, 6.07) is 10.1. The number of aromatic amines is 1. The zero-order chi connectivity index (χ0) is 22.3. The topological polar surface area (TPSA) is 115 Å². The number of carbonyl (C=O) groups is 1. The summed E-state index contributed by atoms with van der Waals surface area (Å²) in [5.41, 5.74) is 3.92. The molecule has 164 valence electrons. The third-order valence-corrected chi connectivity index (χ3v) is 5.25. The van der Waals surface area contributed by atoms with Crippen molar-refractivity contribution in [1.82, 2.24) is 40.4 Å². The highest BCUT2D eigenvalue weighted by Crippen LogP contribution is 2.29. The molecular formula is C23H26N8O. The molecule has 0 fully saturated rings. The monoisotopic (exact) mass is 430 g/mol. The first-order valence-corrected chi connectivity index (χ1v) is 10.9. The molecule has 0 saturated carbocycles. The molecule has 32 heavy (non-hydrogen) atoms. The lowest BCUT2D eigenvalue weighted by Crippen LogP contribution is -2.08. The standard InChI is InChI=1S/C23H26N8O/c1-3-5-7-21-25-23(20(32)6-4-2)28-31(21)15-16-8-10-17(11-9-16)19-14-24-13-12-18(19)22-26-29-30-27-22/h8-14H,3-7,15H2,1-2H3,(H,26,27,29,30). The van der Waals surface area contributed by atoms with E-state index in [0.717, 1.165) is 53.8 Å². The summed E-state index contributed by atoms with van der Waals surface area (Å²) in [6.45, 7) is 4.70. The minimum Gasteiger partial charge on any atom is -0.291 e. The van der Waals surface area contributed by atoms with Gasteiger partial charge in [-0.15, -0.1) is 10.2 Å². The van der Waals surface area contributed by atoms with Gasteiger partial charge in [0, 0.05) is 36.4 Å². The highest BCUT2D eigenvalue weighted by atomic mass is 16.1. The Bertz CT molecular complexity index is 1170. The van der Waals surface area contributed by atoms with E-state index in [-0.39, 0.29) is 5.78 Å². The summed E-state index contributed by atoms with van der Waals surface area (Å²) in [5.74, 6) is 1.79. The van der Waals surface area contributed by atoms with Gasteiger partial charge in [-0.2, -0.15) is 0 Å². The Morgan fingerprint density at radius 2 is 1.91 bits per heavy atom. The maximum atomic E-state index is 12.3. The van der Waals surface area contributed by atoms with Crippen molar-refractivity contribution in [2.24, 2.45) is 0 Å². The zero-order valence-corrected chi connectivity index (χ0v) is 18.3. The summed E-state index contributed by atoms with van der Waals surface area (Å²) in [4.78, 5) is 21.1. The summed E-state index contributed by atoms with van der Waals surface area (Å²) < 4.78 is 1.86. The molecule has 0 aliphatic carbocycles. The number of ketones is 1. The first-order valence-electron chi connectivity index (χ1n) is 10.9. The van der Waals surface area contributed by atoms with Crippen LogP contribution < -0.4 is 0 Å². The van der Waals surface area contributed by atoms with Crippen molar-refractivity contribution in [3.63, 3.8) is 0 Å². The highest BCUT2D eigenvalue weighted by Gasteiger charge is 2.16. The summed E-state index contributed by atoms with van der Waals surface area (Å²) in [5, 5.41) is 18.7. The van der Waals surface area contributed by atoms with Crippen LogP contribution in [0.25, 0.3) is 22.5 Å². The molecule has 0 spiro atoms. The van der Waals surface area contributed by atoms with Crippen molar-refractivity contribution in [1.29, 1.82) is 0 Å². The van der Waals surface area contributed by atoms with E-state index in [9.17, 15) is 4.79 Å². The van der Waals surface area contributed by atoms with Crippen LogP contribution in [0, 0.1) is 0 Å². The molecule has 0 bridgehead atoms. The summed E-state index contributed by atoms with van der Waals surface area (Å²) >= 11 is 0. The second-order valence-corrected chi connectivity index (χ2v) is 7.65. The van der Waals surface area contributed by atoms with Gasteiger partial charge < -0.3 is 0 Å². The second-order valence-electron chi connectivity index (χ2n) is 7.65. The number of hydrogen-bond donors (Lipinski definition) is 1. The Kier molecular flexibility index (Phi) is 6.74. The van der Waals surface area contributed by atoms with Gasteiger partial charge in [0.05, 0.1) is 6.54 Å². The van der Waals surface area contributed by atoms with E-state index in [1.807, 2.05) is 29.8 Å². The molecule has 4 aromatic rings. The predicted octanol–water partition coefficient (Wildman–Crippen LogP) is 3.89. The summed E-state index contributed by atoms with van der Waals surface area (Å²) in [6.07, 6.45) is 7.67. The lowest BCUT2D eigenvalue weighted by Gasteiger charge is -2.09. The molecule has 9 heteroatoms. The van der Waals surface area contributed by atoms with Gasteiger partial charge in [0.1, 0.15) is 5.82 Å². The molecule has 4 rings (SSSR count). The molecule has 1 N–H and O–H groups in total. The fourth-order valence-corrected chi connectivity index (χ4v) is 3.54. The number of aromatic nitrogens is 8. The zero-order valence-electron chi connectivity index (χ0n) is 18.3. The van der Waals surface area contributed by atoms with Gasteiger partial charge in [-0.25, -0.2) is 14.8 Å². The van der Waals surface area contributed by atoms with Crippen molar-refractivity contribution in [2.45, 2.75) is 52.5 Å². The molecule has 0 amide bonds. The third-order valence-electron chi connectivity index (χ3n) is 5.25. The van der Waals surface area contributed by atoms with Gasteiger partial charge in [-0.05, 0) is 40.5 Å². The van der Waals surface area contributed by atoms with Crippen LogP contribution in [0.4, 0.5) is 0 Å². The molecule has 0 saturated heterocycles. The maximum Gasteiger partial charge on any atom is 0.217 e. The van der Waals surface area contributed by atoms with Crippen LogP contribution >= 0.6 is 0 Å². The van der Waals surface area contributed by atoms with E-state index in [1.54, 1.807) is 12.4 Å². The van der Waals surface area contributed by atoms with Crippen LogP contribution in [-0.4, -0.2) is 46.2 Å². The number of Topliss-reactive ketones (excluding diaryl/α,β-unsaturated/α-hetero) is 1. The fraction of sp³-hybridized carbons (Fsp3) is 0.348. The number of pyridine rings is 1. The van der Waals surface area contributed by atoms with Crippen molar-refractivity contribution in [3.8, 4) is 22.5 Å². The molecule has 0 unspecified atom stereocenters. The fourth-order valence-electron chi connectivity index (χ4n) is 3.54. The smallest absolute Gasteiger partial charge is 0.217 e. The molecule has 1 aromatic carbocycles. The van der Waals surface area contributed by atoms with E-state index in [0.29, 0.717) is 24.6 Å². The molecular weight excluding hydrogens is 404 g/mol. The van der Waals surface area contributed by atoms with Crippen LogP contribution in [-0.2, 0) is 13.0 Å². The van der Waals surface area contributed by atoms with Crippen LogP contribution in [0.5, 0.6) is 0 Å². The molecule has 0 aliphatic heterocycles. The second kappa shape index (κ2) is 10.0. The lowest BCUT2D eigenvalue weighted by molar-refractivity contribution is 0.0971. The number of nitrogens with zero attached hydrogens (tertiary/aromatic N) is 7. The van der Waals surface area contributed by atoms with Crippen LogP contribution in [0.15, 0.2) is 42.7 Å². The van der Waals surface area contributed by atoms with Crippen LogP contribution in [0.3, 0.4) is 0 Å². The largest absolute Gasteiger partial charge is 0.291 e. The van der Waals surface area contributed by atoms with E-state index in [4.69, 9.17) is 0 Å². The number of tetrazole rings is 1. The molecule has 0 radical (unpaired) electrons. The number of rotatable bonds is 10. The molecule has 3 aromatic heterocycles.